The van der Waals surface area contributed by atoms with Crippen molar-refractivity contribution < 1.29 is 14.3 Å². The number of nitrogens with one attached hydrogen (secondary N) is 1. The van der Waals surface area contributed by atoms with Gasteiger partial charge in [0.15, 0.2) is 11.9 Å². The highest BCUT2D eigenvalue weighted by atomic mass is 35.5. The second kappa shape index (κ2) is 7.97. The Labute approximate surface area is 183 Å². The standard InChI is InChI=1S/C21H22ClFN6O2/c22-16-5-4-13(23)11-14(16)17-3-1-9-28(17)18-6-10-29-19(25-18)15(12-24-29)20(30)26-21(31)27-7-2-8-27/h4-6,10-12,17,20,30H,1-3,7-9H2,(H,26,31). The Morgan fingerprint density at radius 2 is 2.10 bits per heavy atom. The number of carbonyl (C=O) groups is 1. The Morgan fingerprint density at radius 3 is 2.87 bits per heavy atom. The molecule has 0 aliphatic carbocycles. The van der Waals surface area contributed by atoms with Crippen LogP contribution in [0.15, 0.2) is 36.7 Å². The van der Waals surface area contributed by atoms with Crippen LogP contribution in [0.4, 0.5) is 15.0 Å². The van der Waals surface area contributed by atoms with Crippen molar-refractivity contribution in [2.45, 2.75) is 31.5 Å². The van der Waals surface area contributed by atoms with Crippen molar-refractivity contribution in [3.8, 4) is 0 Å². The zero-order chi connectivity index (χ0) is 21.5. The molecule has 2 amide bonds. The van der Waals surface area contributed by atoms with Gasteiger partial charge >= 0.3 is 6.03 Å². The van der Waals surface area contributed by atoms with E-state index in [1.807, 2.05) is 6.07 Å². The number of carbonyl (C=O) groups excluding carboxylic acids is 1. The van der Waals surface area contributed by atoms with Gasteiger partial charge in [-0.2, -0.15) is 5.10 Å². The quantitative estimate of drug-likeness (QED) is 0.603. The number of urea groups is 1. The molecule has 2 aromatic heterocycles. The molecule has 5 rings (SSSR count). The molecular formula is C21H22ClFN6O2. The van der Waals surface area contributed by atoms with E-state index in [0.29, 0.717) is 35.1 Å². The van der Waals surface area contributed by atoms with Gasteiger partial charge in [-0.05, 0) is 49.1 Å². The summed E-state index contributed by atoms with van der Waals surface area (Å²) in [5.41, 5.74) is 1.59. The molecule has 0 saturated carbocycles. The highest BCUT2D eigenvalue weighted by Crippen LogP contribution is 2.38. The summed E-state index contributed by atoms with van der Waals surface area (Å²) in [6, 6.07) is 5.83. The van der Waals surface area contributed by atoms with E-state index in [9.17, 15) is 14.3 Å². The van der Waals surface area contributed by atoms with E-state index < -0.39 is 6.23 Å². The topological polar surface area (TPSA) is 86.0 Å². The van der Waals surface area contributed by atoms with Crippen LogP contribution in [0.25, 0.3) is 5.65 Å². The zero-order valence-electron chi connectivity index (χ0n) is 16.7. The fourth-order valence-corrected chi connectivity index (χ4v) is 4.41. The van der Waals surface area contributed by atoms with Crippen LogP contribution in [-0.2, 0) is 0 Å². The maximum Gasteiger partial charge on any atom is 0.319 e. The van der Waals surface area contributed by atoms with Crippen LogP contribution in [0.5, 0.6) is 0 Å². The van der Waals surface area contributed by atoms with E-state index >= 15 is 0 Å². The van der Waals surface area contributed by atoms with Gasteiger partial charge in [0.1, 0.15) is 11.6 Å². The van der Waals surface area contributed by atoms with Gasteiger partial charge in [-0.15, -0.1) is 0 Å². The SMILES string of the molecule is O=C(NC(O)c1cnn2ccc(N3CCCC3c3cc(F)ccc3Cl)nc12)N1CCC1. The molecule has 2 aliphatic rings. The number of hydrogen-bond donors (Lipinski definition) is 2. The molecule has 2 fully saturated rings. The Morgan fingerprint density at radius 1 is 1.26 bits per heavy atom. The van der Waals surface area contributed by atoms with E-state index in [-0.39, 0.29) is 17.9 Å². The van der Waals surface area contributed by atoms with Crippen molar-refractivity contribution in [1.29, 1.82) is 0 Å². The van der Waals surface area contributed by atoms with Crippen LogP contribution >= 0.6 is 11.6 Å². The lowest BCUT2D eigenvalue weighted by molar-refractivity contribution is 0.114. The summed E-state index contributed by atoms with van der Waals surface area (Å²) in [5, 5.41) is 17.9. The number of amides is 2. The first kappa shape index (κ1) is 20.0. The monoisotopic (exact) mass is 444 g/mol. The molecule has 0 bridgehead atoms. The summed E-state index contributed by atoms with van der Waals surface area (Å²) in [6.07, 6.45) is 4.76. The minimum absolute atomic E-state index is 0.0967. The molecule has 2 atom stereocenters. The number of aliphatic hydroxyl groups is 1. The third-order valence-corrected chi connectivity index (χ3v) is 6.29. The van der Waals surface area contributed by atoms with Gasteiger partial charge in [0.25, 0.3) is 0 Å². The van der Waals surface area contributed by atoms with Crippen molar-refractivity contribution in [2.75, 3.05) is 24.5 Å². The third-order valence-electron chi connectivity index (χ3n) is 5.94. The first-order valence-electron chi connectivity index (χ1n) is 10.3. The summed E-state index contributed by atoms with van der Waals surface area (Å²) in [5.74, 6) is 0.354. The molecule has 4 heterocycles. The van der Waals surface area contributed by atoms with Crippen molar-refractivity contribution in [1.82, 2.24) is 24.8 Å². The molecule has 0 radical (unpaired) electrons. The highest BCUT2D eigenvalue weighted by molar-refractivity contribution is 6.31. The average Bonchev–Trinajstić information content (AvgIpc) is 3.34. The van der Waals surface area contributed by atoms with Gasteiger partial charge in [-0.1, -0.05) is 11.6 Å². The number of aromatic nitrogens is 3. The van der Waals surface area contributed by atoms with E-state index in [2.05, 4.69) is 15.3 Å². The largest absolute Gasteiger partial charge is 0.369 e. The first-order chi connectivity index (χ1) is 15.0. The van der Waals surface area contributed by atoms with Crippen LogP contribution in [0.2, 0.25) is 5.02 Å². The lowest BCUT2D eigenvalue weighted by Gasteiger charge is -2.31. The molecule has 8 nitrogen and oxygen atoms in total. The van der Waals surface area contributed by atoms with E-state index in [0.717, 1.165) is 31.4 Å². The van der Waals surface area contributed by atoms with Gasteiger partial charge in [0, 0.05) is 30.9 Å². The fraction of sp³-hybridized carbons (Fsp3) is 0.381. The summed E-state index contributed by atoms with van der Waals surface area (Å²) < 4.78 is 15.4. The summed E-state index contributed by atoms with van der Waals surface area (Å²) in [6.45, 7) is 2.13. The molecule has 2 aliphatic heterocycles. The molecule has 10 heteroatoms. The minimum Gasteiger partial charge on any atom is -0.369 e. The number of rotatable bonds is 4. The third kappa shape index (κ3) is 3.68. The van der Waals surface area contributed by atoms with Crippen LogP contribution in [0.1, 0.15) is 42.7 Å². The second-order valence-electron chi connectivity index (χ2n) is 7.86. The van der Waals surface area contributed by atoms with E-state index in [1.54, 1.807) is 21.7 Å². The highest BCUT2D eigenvalue weighted by Gasteiger charge is 2.30. The maximum atomic E-state index is 13.9. The van der Waals surface area contributed by atoms with Gasteiger partial charge in [0.2, 0.25) is 0 Å². The predicted molar refractivity (Wildman–Crippen MR) is 113 cm³/mol. The second-order valence-corrected chi connectivity index (χ2v) is 8.27. The number of fused-ring (bicyclic) bond motifs is 1. The molecule has 2 saturated heterocycles. The molecule has 1 aromatic carbocycles. The summed E-state index contributed by atoms with van der Waals surface area (Å²) >= 11 is 6.36. The molecule has 3 aromatic rings. The van der Waals surface area contributed by atoms with Crippen LogP contribution in [0.3, 0.4) is 0 Å². The number of aliphatic hydroxyl groups excluding tert-OH is 1. The van der Waals surface area contributed by atoms with Gasteiger partial charge in [-0.25, -0.2) is 18.7 Å². The lowest BCUT2D eigenvalue weighted by atomic mass is 10.0. The van der Waals surface area contributed by atoms with Gasteiger partial charge < -0.3 is 20.2 Å². The van der Waals surface area contributed by atoms with Gasteiger partial charge in [0.05, 0.1) is 17.8 Å². The van der Waals surface area contributed by atoms with Crippen LogP contribution < -0.4 is 10.2 Å². The lowest BCUT2D eigenvalue weighted by Crippen LogP contribution is -2.48. The van der Waals surface area contributed by atoms with Crippen molar-refractivity contribution in [2.24, 2.45) is 0 Å². The predicted octanol–water partition coefficient (Wildman–Crippen LogP) is 3.27. The Kier molecular flexibility index (Phi) is 5.15. The minimum atomic E-state index is -1.22. The number of nitrogens with zero attached hydrogens (tertiary/aromatic N) is 5. The maximum absolute atomic E-state index is 13.9. The van der Waals surface area contributed by atoms with Crippen molar-refractivity contribution >= 4 is 29.1 Å². The first-order valence-corrected chi connectivity index (χ1v) is 10.7. The van der Waals surface area contributed by atoms with E-state index in [1.165, 1.54) is 18.3 Å². The summed E-state index contributed by atoms with van der Waals surface area (Å²) in [4.78, 5) is 20.6. The van der Waals surface area contributed by atoms with Gasteiger partial charge in [-0.3, -0.25) is 0 Å². The summed E-state index contributed by atoms with van der Waals surface area (Å²) in [7, 11) is 0. The van der Waals surface area contributed by atoms with E-state index in [4.69, 9.17) is 16.6 Å². The molecule has 0 spiro atoms. The fourth-order valence-electron chi connectivity index (χ4n) is 4.17. The Hall–Kier alpha value is -2.91. The van der Waals surface area contributed by atoms with Crippen molar-refractivity contribution in [3.05, 3.63) is 58.6 Å². The number of benzene rings is 1. The molecule has 31 heavy (non-hydrogen) atoms. The zero-order valence-corrected chi connectivity index (χ0v) is 17.5. The number of halogens is 2. The normalized spacial score (nSPS) is 19.5. The molecule has 162 valence electrons. The van der Waals surface area contributed by atoms with Crippen LogP contribution in [-0.4, -0.2) is 50.3 Å². The Bertz CT molecular complexity index is 1130. The Balaban J connectivity index is 1.44. The number of anilines is 1. The number of likely N-dealkylation sites (tertiary alicyclic amines) is 1. The van der Waals surface area contributed by atoms with Crippen LogP contribution in [0, 0.1) is 5.82 Å². The molecule has 2 N–H and O–H groups in total. The van der Waals surface area contributed by atoms with Crippen molar-refractivity contribution in [3.63, 3.8) is 0 Å². The average molecular weight is 445 g/mol. The molecular weight excluding hydrogens is 423 g/mol. The smallest absolute Gasteiger partial charge is 0.319 e. The number of hydrogen-bond acceptors (Lipinski definition) is 5. The molecule has 2 unspecified atom stereocenters.